The number of hydrogen-bond donors (Lipinski definition) is 1. The van der Waals surface area contributed by atoms with E-state index in [1.807, 2.05) is 0 Å². The van der Waals surface area contributed by atoms with Crippen LogP contribution in [-0.4, -0.2) is 27.0 Å². The molecule has 3 aromatic carbocycles. The van der Waals surface area contributed by atoms with Gasteiger partial charge in [-0.2, -0.15) is 5.10 Å². The van der Waals surface area contributed by atoms with E-state index in [4.69, 9.17) is 0 Å². The maximum absolute atomic E-state index is 13.1. The van der Waals surface area contributed by atoms with Crippen molar-refractivity contribution in [1.29, 1.82) is 0 Å². The van der Waals surface area contributed by atoms with Crippen molar-refractivity contribution >= 4 is 29.2 Å². The van der Waals surface area contributed by atoms with Crippen molar-refractivity contribution < 1.29 is 14.6 Å². The number of carbonyl (C=O) groups excluding carboxylic acids is 1. The summed E-state index contributed by atoms with van der Waals surface area (Å²) in [7, 11) is 0. The summed E-state index contributed by atoms with van der Waals surface area (Å²) < 4.78 is 0. The monoisotopic (exact) mass is 417 g/mol. The molecule has 4 rings (SSSR count). The van der Waals surface area contributed by atoms with E-state index in [-0.39, 0.29) is 17.3 Å². The highest BCUT2D eigenvalue weighted by Crippen LogP contribution is 2.33. The van der Waals surface area contributed by atoms with Gasteiger partial charge >= 0.3 is 0 Å². The first-order valence-electron chi connectivity index (χ1n) is 9.16. The average Bonchev–Trinajstić information content (AvgIpc) is 2.78. The number of benzene rings is 3. The van der Waals surface area contributed by atoms with Crippen molar-refractivity contribution in [2.45, 2.75) is 6.17 Å². The van der Waals surface area contributed by atoms with Gasteiger partial charge in [-0.05, 0) is 47.5 Å². The topological polar surface area (TPSA) is 131 Å². The Hall–Kier alpha value is -4.60. The van der Waals surface area contributed by atoms with E-state index < -0.39 is 16.0 Å². The van der Waals surface area contributed by atoms with Gasteiger partial charge in [0.25, 0.3) is 17.3 Å². The number of anilines is 1. The normalized spacial score (nSPS) is 15.4. The summed E-state index contributed by atoms with van der Waals surface area (Å²) >= 11 is 0. The summed E-state index contributed by atoms with van der Waals surface area (Å²) in [6.45, 7) is 0. The van der Waals surface area contributed by atoms with Crippen LogP contribution in [0.25, 0.3) is 0 Å². The summed E-state index contributed by atoms with van der Waals surface area (Å²) in [6, 6.07) is 18.6. The van der Waals surface area contributed by atoms with Gasteiger partial charge in [0.15, 0.2) is 6.17 Å². The van der Waals surface area contributed by atoms with E-state index >= 15 is 0 Å². The lowest BCUT2D eigenvalue weighted by atomic mass is 10.0. The summed E-state index contributed by atoms with van der Waals surface area (Å²) in [5.41, 5.74) is 2.12. The molecule has 0 bridgehead atoms. The van der Waals surface area contributed by atoms with Gasteiger partial charge in [-0.25, -0.2) is 5.01 Å². The van der Waals surface area contributed by atoms with Crippen LogP contribution in [0.4, 0.5) is 17.1 Å². The van der Waals surface area contributed by atoms with Gasteiger partial charge in [-0.1, -0.05) is 12.1 Å². The van der Waals surface area contributed by atoms with Crippen molar-refractivity contribution in [2.75, 3.05) is 5.32 Å². The Bertz CT molecular complexity index is 1190. The number of hydrogen-bond acceptors (Lipinski definition) is 7. The quantitative estimate of drug-likeness (QED) is 0.378. The van der Waals surface area contributed by atoms with Crippen LogP contribution >= 0.6 is 0 Å². The summed E-state index contributed by atoms with van der Waals surface area (Å²) in [5, 5.41) is 30.6. The number of non-ortho nitro benzene ring substituents is 2. The molecule has 31 heavy (non-hydrogen) atoms. The molecule has 1 atom stereocenters. The lowest BCUT2D eigenvalue weighted by Crippen LogP contribution is -2.39. The maximum Gasteiger partial charge on any atom is 0.278 e. The minimum absolute atomic E-state index is 0.0504. The predicted molar refractivity (Wildman–Crippen MR) is 113 cm³/mol. The van der Waals surface area contributed by atoms with Gasteiger partial charge in [0.1, 0.15) is 0 Å². The molecule has 0 radical (unpaired) electrons. The van der Waals surface area contributed by atoms with E-state index in [9.17, 15) is 25.0 Å². The first-order valence-corrected chi connectivity index (χ1v) is 9.16. The van der Waals surface area contributed by atoms with Gasteiger partial charge in [0.05, 0.1) is 21.6 Å². The number of nitro groups is 2. The van der Waals surface area contributed by atoms with Crippen LogP contribution in [0.5, 0.6) is 0 Å². The number of para-hydroxylation sites is 1. The van der Waals surface area contributed by atoms with E-state index in [2.05, 4.69) is 10.4 Å². The molecule has 1 aliphatic heterocycles. The standard InChI is InChI=1S/C21H15N5O5/c27-21-18-3-1-2-4-19(18)23-20(15-7-11-17(12-8-15)26(30)31)24(21)22-13-14-5-9-16(10-6-14)25(28)29/h1-13,20,23H/b22-13-/t20-/m0/s1. The van der Waals surface area contributed by atoms with Gasteiger partial charge in [-0.15, -0.1) is 0 Å². The molecular formula is C21H15N5O5. The van der Waals surface area contributed by atoms with Crippen LogP contribution in [0.1, 0.15) is 27.7 Å². The van der Waals surface area contributed by atoms with Crippen molar-refractivity contribution in [3.63, 3.8) is 0 Å². The maximum atomic E-state index is 13.1. The lowest BCUT2D eigenvalue weighted by Gasteiger charge is -2.34. The molecule has 1 amide bonds. The molecule has 10 nitrogen and oxygen atoms in total. The smallest absolute Gasteiger partial charge is 0.278 e. The minimum Gasteiger partial charge on any atom is -0.359 e. The Morgan fingerprint density at radius 1 is 0.871 bits per heavy atom. The van der Waals surface area contributed by atoms with Crippen molar-refractivity contribution in [3.05, 3.63) is 110 Å². The zero-order valence-electron chi connectivity index (χ0n) is 15.9. The molecule has 0 aromatic heterocycles. The molecule has 0 saturated heterocycles. The molecule has 154 valence electrons. The second kappa shape index (κ2) is 8.03. The van der Waals surface area contributed by atoms with E-state index in [1.54, 1.807) is 36.4 Å². The molecule has 0 unspecified atom stereocenters. The highest BCUT2D eigenvalue weighted by molar-refractivity contribution is 6.02. The van der Waals surface area contributed by atoms with E-state index in [0.717, 1.165) is 0 Å². The Balaban J connectivity index is 1.69. The number of nitro benzene ring substituents is 2. The zero-order valence-corrected chi connectivity index (χ0v) is 15.9. The number of carbonyl (C=O) groups is 1. The van der Waals surface area contributed by atoms with Crippen molar-refractivity contribution in [3.8, 4) is 0 Å². The van der Waals surface area contributed by atoms with E-state index in [0.29, 0.717) is 22.4 Å². The minimum atomic E-state index is -0.697. The molecule has 1 N–H and O–H groups in total. The summed E-state index contributed by atoms with van der Waals surface area (Å²) in [6.07, 6.45) is 0.729. The number of fused-ring (bicyclic) bond motifs is 1. The Labute approximate surface area is 175 Å². The van der Waals surface area contributed by atoms with E-state index in [1.165, 1.54) is 47.6 Å². The molecule has 1 aliphatic rings. The molecule has 1 heterocycles. The van der Waals surface area contributed by atoms with Crippen LogP contribution in [0.2, 0.25) is 0 Å². The molecule has 0 aliphatic carbocycles. The van der Waals surface area contributed by atoms with Crippen LogP contribution in [-0.2, 0) is 0 Å². The summed E-state index contributed by atoms with van der Waals surface area (Å²) in [5.74, 6) is -0.351. The van der Waals surface area contributed by atoms with Crippen LogP contribution < -0.4 is 5.32 Å². The second-order valence-corrected chi connectivity index (χ2v) is 6.68. The van der Waals surface area contributed by atoms with Crippen molar-refractivity contribution in [1.82, 2.24) is 5.01 Å². The first kappa shape index (κ1) is 19.7. The highest BCUT2D eigenvalue weighted by atomic mass is 16.6. The SMILES string of the molecule is O=C1c2ccccc2N[C@H](c2ccc([N+](=O)[O-])cc2)N1/N=C\c1ccc([N+](=O)[O-])cc1. The van der Waals surface area contributed by atoms with Gasteiger partial charge in [0.2, 0.25) is 0 Å². The number of amides is 1. The number of nitrogens with zero attached hydrogens (tertiary/aromatic N) is 4. The third-order valence-corrected chi connectivity index (χ3v) is 4.76. The number of rotatable bonds is 5. The largest absolute Gasteiger partial charge is 0.359 e. The Morgan fingerprint density at radius 2 is 1.45 bits per heavy atom. The third kappa shape index (κ3) is 3.94. The molecular weight excluding hydrogens is 402 g/mol. The van der Waals surface area contributed by atoms with Gasteiger partial charge < -0.3 is 5.32 Å². The van der Waals surface area contributed by atoms with Crippen molar-refractivity contribution in [2.24, 2.45) is 5.10 Å². The number of hydrazone groups is 1. The molecule has 0 spiro atoms. The fourth-order valence-corrected chi connectivity index (χ4v) is 3.18. The predicted octanol–water partition coefficient (Wildman–Crippen LogP) is 4.10. The van der Waals surface area contributed by atoms with Gasteiger partial charge in [0, 0.05) is 30.0 Å². The average molecular weight is 417 g/mol. The van der Waals surface area contributed by atoms with Crippen LogP contribution in [0, 0.1) is 20.2 Å². The zero-order chi connectivity index (χ0) is 22.0. The number of nitrogens with one attached hydrogen (secondary N) is 1. The Kier molecular flexibility index (Phi) is 5.10. The van der Waals surface area contributed by atoms with Gasteiger partial charge in [-0.3, -0.25) is 25.0 Å². The second-order valence-electron chi connectivity index (χ2n) is 6.68. The lowest BCUT2D eigenvalue weighted by molar-refractivity contribution is -0.385. The molecule has 0 saturated carbocycles. The summed E-state index contributed by atoms with van der Waals surface area (Å²) in [4.78, 5) is 33.9. The molecule has 10 heteroatoms. The third-order valence-electron chi connectivity index (χ3n) is 4.76. The highest BCUT2D eigenvalue weighted by Gasteiger charge is 2.33. The van der Waals surface area contributed by atoms with Crippen LogP contribution in [0.3, 0.4) is 0 Å². The first-order chi connectivity index (χ1) is 14.9. The fourth-order valence-electron chi connectivity index (χ4n) is 3.18. The molecule has 0 fully saturated rings. The fraction of sp³-hybridized carbons (Fsp3) is 0.0476. The Morgan fingerprint density at radius 3 is 2.06 bits per heavy atom. The molecule has 3 aromatic rings. The van der Waals surface area contributed by atoms with Crippen LogP contribution in [0.15, 0.2) is 77.9 Å².